The van der Waals surface area contributed by atoms with E-state index in [1.807, 2.05) is 47.9 Å². The Morgan fingerprint density at radius 1 is 1.37 bits per heavy atom. The molecule has 2 heterocycles. The van der Waals surface area contributed by atoms with Gasteiger partial charge in [-0.1, -0.05) is 48.2 Å². The summed E-state index contributed by atoms with van der Waals surface area (Å²) in [4.78, 5) is 13.6. The highest BCUT2D eigenvalue weighted by Crippen LogP contribution is 2.27. The van der Waals surface area contributed by atoms with Gasteiger partial charge in [0.15, 0.2) is 11.0 Å². The van der Waals surface area contributed by atoms with Crippen molar-refractivity contribution in [3.63, 3.8) is 0 Å². The third-order valence-corrected chi connectivity index (χ3v) is 5.85. The van der Waals surface area contributed by atoms with E-state index >= 15 is 0 Å². The fourth-order valence-corrected chi connectivity index (χ4v) is 4.14. The molecule has 3 aromatic rings. The molecule has 0 saturated heterocycles. The molecule has 27 heavy (non-hydrogen) atoms. The molecule has 1 N–H and O–H groups in total. The van der Waals surface area contributed by atoms with Crippen molar-refractivity contribution in [3.05, 3.63) is 64.9 Å². The third-order valence-electron chi connectivity index (χ3n) is 4.03. The molecular weight excluding hydrogens is 376 g/mol. The van der Waals surface area contributed by atoms with Gasteiger partial charge in [-0.3, -0.25) is 9.36 Å². The van der Waals surface area contributed by atoms with Crippen LogP contribution in [0.3, 0.4) is 0 Å². The SMILES string of the molecule is C=CCn1c(SCC(=O)NC(C)c2ccccc2)nnc1-c1csc(C)c1. The van der Waals surface area contributed by atoms with Gasteiger partial charge in [0.05, 0.1) is 11.8 Å². The zero-order valence-electron chi connectivity index (χ0n) is 15.4. The maximum Gasteiger partial charge on any atom is 0.230 e. The number of benzene rings is 1. The van der Waals surface area contributed by atoms with Crippen LogP contribution in [0.2, 0.25) is 0 Å². The summed E-state index contributed by atoms with van der Waals surface area (Å²) >= 11 is 3.07. The summed E-state index contributed by atoms with van der Waals surface area (Å²) in [5, 5.41) is 14.4. The molecule has 1 amide bonds. The number of aromatic nitrogens is 3. The van der Waals surface area contributed by atoms with Gasteiger partial charge in [0, 0.05) is 22.4 Å². The summed E-state index contributed by atoms with van der Waals surface area (Å²) in [5.74, 6) is 1.06. The van der Waals surface area contributed by atoms with Gasteiger partial charge in [-0.25, -0.2) is 0 Å². The zero-order chi connectivity index (χ0) is 19.2. The molecule has 7 heteroatoms. The van der Waals surface area contributed by atoms with E-state index in [4.69, 9.17) is 0 Å². The number of hydrogen-bond donors (Lipinski definition) is 1. The summed E-state index contributed by atoms with van der Waals surface area (Å²) < 4.78 is 1.99. The molecular formula is C20H22N4OS2. The number of thioether (sulfide) groups is 1. The summed E-state index contributed by atoms with van der Waals surface area (Å²) in [6.45, 7) is 8.47. The maximum absolute atomic E-state index is 12.3. The molecule has 0 aliphatic heterocycles. The van der Waals surface area contributed by atoms with Crippen molar-refractivity contribution in [1.29, 1.82) is 0 Å². The Morgan fingerprint density at radius 2 is 2.15 bits per heavy atom. The van der Waals surface area contributed by atoms with Crippen LogP contribution in [0.15, 0.2) is 59.6 Å². The van der Waals surface area contributed by atoms with Crippen LogP contribution in [-0.2, 0) is 11.3 Å². The number of nitrogens with zero attached hydrogens (tertiary/aromatic N) is 3. The predicted molar refractivity (Wildman–Crippen MR) is 112 cm³/mol. The minimum Gasteiger partial charge on any atom is -0.349 e. The molecule has 1 unspecified atom stereocenters. The van der Waals surface area contributed by atoms with Crippen LogP contribution in [0.5, 0.6) is 0 Å². The number of allylic oxidation sites excluding steroid dienone is 1. The number of thiophene rings is 1. The van der Waals surface area contributed by atoms with Gasteiger partial charge in [0.1, 0.15) is 0 Å². The summed E-state index contributed by atoms with van der Waals surface area (Å²) in [7, 11) is 0. The van der Waals surface area contributed by atoms with Crippen LogP contribution < -0.4 is 5.32 Å². The normalized spacial score (nSPS) is 11.9. The average molecular weight is 399 g/mol. The first-order valence-electron chi connectivity index (χ1n) is 8.65. The first-order chi connectivity index (χ1) is 13.1. The van der Waals surface area contributed by atoms with Crippen molar-refractivity contribution in [2.45, 2.75) is 31.6 Å². The fourth-order valence-electron chi connectivity index (χ4n) is 2.70. The Labute approximate surface area is 167 Å². The van der Waals surface area contributed by atoms with E-state index < -0.39 is 0 Å². The Hall–Kier alpha value is -2.38. The van der Waals surface area contributed by atoms with Gasteiger partial charge in [0.2, 0.25) is 5.91 Å². The van der Waals surface area contributed by atoms with Crippen LogP contribution in [0, 0.1) is 6.92 Å². The molecule has 0 bridgehead atoms. The number of nitrogens with one attached hydrogen (secondary N) is 1. The Kier molecular flexibility index (Phi) is 6.47. The van der Waals surface area contributed by atoms with E-state index in [1.165, 1.54) is 16.6 Å². The molecule has 0 aliphatic carbocycles. The molecule has 140 valence electrons. The van der Waals surface area contributed by atoms with Crippen molar-refractivity contribution < 1.29 is 4.79 Å². The van der Waals surface area contributed by atoms with Gasteiger partial charge in [-0.2, -0.15) is 0 Å². The van der Waals surface area contributed by atoms with Crippen molar-refractivity contribution in [1.82, 2.24) is 20.1 Å². The van der Waals surface area contributed by atoms with Crippen LogP contribution in [0.25, 0.3) is 11.4 Å². The lowest BCUT2D eigenvalue weighted by atomic mass is 10.1. The highest BCUT2D eigenvalue weighted by molar-refractivity contribution is 7.99. The molecule has 0 spiro atoms. The molecule has 3 rings (SSSR count). The van der Waals surface area contributed by atoms with Crippen molar-refractivity contribution >= 4 is 29.0 Å². The topological polar surface area (TPSA) is 59.8 Å². The highest BCUT2D eigenvalue weighted by Gasteiger charge is 2.16. The lowest BCUT2D eigenvalue weighted by molar-refractivity contribution is -0.119. The second kappa shape index (κ2) is 9.01. The van der Waals surface area contributed by atoms with E-state index in [0.717, 1.165) is 22.1 Å². The largest absolute Gasteiger partial charge is 0.349 e. The standard InChI is InChI=1S/C20H22N4OS2/c1-4-10-24-19(17-11-14(2)26-12-17)22-23-20(24)27-13-18(25)21-15(3)16-8-6-5-7-9-16/h4-9,11-12,15H,1,10,13H2,2-3H3,(H,21,25). The quantitative estimate of drug-likeness (QED) is 0.449. The van der Waals surface area contributed by atoms with E-state index in [1.54, 1.807) is 11.3 Å². The van der Waals surface area contributed by atoms with E-state index in [2.05, 4.69) is 40.5 Å². The third kappa shape index (κ3) is 4.87. The van der Waals surface area contributed by atoms with Gasteiger partial charge < -0.3 is 5.32 Å². The van der Waals surface area contributed by atoms with Crippen LogP contribution >= 0.6 is 23.1 Å². The molecule has 0 aliphatic rings. The van der Waals surface area contributed by atoms with Crippen molar-refractivity contribution in [2.75, 3.05) is 5.75 Å². The first kappa shape index (κ1) is 19.4. The minimum atomic E-state index is -0.0327. The first-order valence-corrected chi connectivity index (χ1v) is 10.5. The molecule has 0 saturated carbocycles. The van der Waals surface area contributed by atoms with Gasteiger partial charge in [0.25, 0.3) is 0 Å². The lowest BCUT2D eigenvalue weighted by Crippen LogP contribution is -2.28. The molecule has 0 fully saturated rings. The summed E-state index contributed by atoms with van der Waals surface area (Å²) in [5.41, 5.74) is 2.13. The Bertz CT molecular complexity index is 917. The van der Waals surface area contributed by atoms with E-state index in [9.17, 15) is 4.79 Å². The second-order valence-electron chi connectivity index (χ2n) is 6.14. The minimum absolute atomic E-state index is 0.0302. The molecule has 1 aromatic carbocycles. The van der Waals surface area contributed by atoms with E-state index in [0.29, 0.717) is 6.54 Å². The fraction of sp³-hybridized carbons (Fsp3) is 0.250. The van der Waals surface area contributed by atoms with Gasteiger partial charge >= 0.3 is 0 Å². The highest BCUT2D eigenvalue weighted by atomic mass is 32.2. The number of amides is 1. The van der Waals surface area contributed by atoms with Crippen LogP contribution in [0.4, 0.5) is 0 Å². The maximum atomic E-state index is 12.3. The number of carbonyl (C=O) groups excluding carboxylic acids is 1. The number of hydrogen-bond acceptors (Lipinski definition) is 5. The number of carbonyl (C=O) groups is 1. The van der Waals surface area contributed by atoms with Crippen molar-refractivity contribution in [3.8, 4) is 11.4 Å². The second-order valence-corrected chi connectivity index (χ2v) is 8.20. The molecule has 1 atom stereocenters. The van der Waals surface area contributed by atoms with Crippen molar-refractivity contribution in [2.24, 2.45) is 0 Å². The smallest absolute Gasteiger partial charge is 0.230 e. The Balaban J connectivity index is 1.66. The number of rotatable bonds is 8. The monoisotopic (exact) mass is 398 g/mol. The molecule has 0 radical (unpaired) electrons. The molecule has 5 nitrogen and oxygen atoms in total. The predicted octanol–water partition coefficient (Wildman–Crippen LogP) is 4.47. The lowest BCUT2D eigenvalue weighted by Gasteiger charge is -2.14. The van der Waals surface area contributed by atoms with E-state index in [-0.39, 0.29) is 17.7 Å². The number of aryl methyl sites for hydroxylation is 1. The summed E-state index contributed by atoms with van der Waals surface area (Å²) in [6.07, 6.45) is 1.81. The van der Waals surface area contributed by atoms with Crippen LogP contribution in [-0.4, -0.2) is 26.4 Å². The zero-order valence-corrected chi connectivity index (χ0v) is 17.0. The summed E-state index contributed by atoms with van der Waals surface area (Å²) in [6, 6.07) is 12.0. The van der Waals surface area contributed by atoms with Gasteiger partial charge in [-0.05, 0) is 25.5 Å². The van der Waals surface area contributed by atoms with Crippen LogP contribution in [0.1, 0.15) is 23.4 Å². The average Bonchev–Trinajstić information content (AvgIpc) is 3.27. The molecule has 2 aromatic heterocycles. The Morgan fingerprint density at radius 3 is 2.81 bits per heavy atom. The van der Waals surface area contributed by atoms with Gasteiger partial charge in [-0.15, -0.1) is 28.1 Å².